The lowest BCUT2D eigenvalue weighted by molar-refractivity contribution is 0.101. The molecule has 0 atom stereocenters. The minimum Gasteiger partial charge on any atom is -0.294 e. The van der Waals surface area contributed by atoms with Crippen LogP contribution < -0.4 is 0 Å². The first-order valence-corrected chi connectivity index (χ1v) is 6.47. The molecule has 0 radical (unpaired) electrons. The van der Waals surface area contributed by atoms with Crippen molar-refractivity contribution in [1.82, 2.24) is 9.97 Å². The van der Waals surface area contributed by atoms with E-state index in [-0.39, 0.29) is 5.78 Å². The Morgan fingerprint density at radius 1 is 1.28 bits per heavy atom. The lowest BCUT2D eigenvalue weighted by Gasteiger charge is -2.06. The number of carbonyl (C=O) groups is 1. The van der Waals surface area contributed by atoms with Crippen molar-refractivity contribution in [2.24, 2.45) is 0 Å². The summed E-state index contributed by atoms with van der Waals surface area (Å²) in [6, 6.07) is 7.58. The van der Waals surface area contributed by atoms with Crippen molar-refractivity contribution in [3.63, 3.8) is 0 Å². The van der Waals surface area contributed by atoms with Crippen molar-refractivity contribution < 1.29 is 4.79 Å². The molecule has 0 aliphatic carbocycles. The number of rotatable bonds is 3. The topological polar surface area (TPSA) is 42.9 Å². The van der Waals surface area contributed by atoms with Crippen LogP contribution in [0.4, 0.5) is 0 Å². The molecule has 0 saturated carbocycles. The number of aromatic nitrogens is 2. The Morgan fingerprint density at radius 2 is 2.06 bits per heavy atom. The molecule has 0 spiro atoms. The van der Waals surface area contributed by atoms with Crippen LogP contribution in [0.15, 0.2) is 40.5 Å². The van der Waals surface area contributed by atoms with Crippen molar-refractivity contribution in [1.29, 1.82) is 0 Å². The zero-order valence-corrected chi connectivity index (χ0v) is 11.4. The molecule has 2 aromatic heterocycles. The third kappa shape index (κ3) is 2.96. The van der Waals surface area contributed by atoms with Gasteiger partial charge >= 0.3 is 0 Å². The summed E-state index contributed by atoms with van der Waals surface area (Å²) in [5.41, 5.74) is 2.77. The highest BCUT2D eigenvalue weighted by Crippen LogP contribution is 2.28. The molecule has 0 unspecified atom stereocenters. The van der Waals surface area contributed by atoms with Gasteiger partial charge in [-0.25, -0.2) is 9.97 Å². The summed E-state index contributed by atoms with van der Waals surface area (Å²) in [4.78, 5) is 20.2. The van der Waals surface area contributed by atoms with Crippen LogP contribution in [0.25, 0.3) is 0 Å². The Labute approximate surface area is 111 Å². The van der Waals surface area contributed by atoms with Gasteiger partial charge in [-0.1, -0.05) is 0 Å². The van der Waals surface area contributed by atoms with Crippen LogP contribution in [0.1, 0.15) is 28.5 Å². The van der Waals surface area contributed by atoms with Crippen molar-refractivity contribution in [3.8, 4) is 0 Å². The second-order valence-electron chi connectivity index (χ2n) is 4.14. The van der Waals surface area contributed by atoms with Gasteiger partial charge in [-0.2, -0.15) is 0 Å². The second kappa shape index (κ2) is 5.31. The van der Waals surface area contributed by atoms with E-state index in [4.69, 9.17) is 0 Å². The fourth-order valence-corrected chi connectivity index (χ4v) is 2.76. The number of hydrogen-bond acceptors (Lipinski definition) is 4. The van der Waals surface area contributed by atoms with E-state index in [1.54, 1.807) is 25.3 Å². The molecule has 0 aliphatic heterocycles. The van der Waals surface area contributed by atoms with Crippen molar-refractivity contribution in [2.45, 2.75) is 30.8 Å². The van der Waals surface area contributed by atoms with Crippen LogP contribution in [0.5, 0.6) is 0 Å². The maximum atomic E-state index is 11.5. The standard InChI is InChI=1S/C14H14N2OS/c1-9-7-10(2)16-13(8-9)18-14-12(11(3)17)5-4-6-15-14/h4-8H,1-3H3. The average molecular weight is 258 g/mol. The fraction of sp³-hybridized carbons (Fsp3) is 0.214. The average Bonchev–Trinajstić information content (AvgIpc) is 2.27. The van der Waals surface area contributed by atoms with Gasteiger partial charge in [0.1, 0.15) is 10.1 Å². The quantitative estimate of drug-likeness (QED) is 0.791. The van der Waals surface area contributed by atoms with Crippen LogP contribution in [0.3, 0.4) is 0 Å². The third-order valence-corrected chi connectivity index (χ3v) is 3.36. The number of carbonyl (C=O) groups excluding carboxylic acids is 1. The van der Waals surface area contributed by atoms with E-state index in [0.717, 1.165) is 16.3 Å². The van der Waals surface area contributed by atoms with E-state index in [1.807, 2.05) is 26.0 Å². The summed E-state index contributed by atoms with van der Waals surface area (Å²) in [5.74, 6) is 0.0231. The van der Waals surface area contributed by atoms with Gasteiger partial charge in [-0.3, -0.25) is 4.79 Å². The highest BCUT2D eigenvalue weighted by atomic mass is 32.2. The predicted octanol–water partition coefficient (Wildman–Crippen LogP) is 3.45. The molecule has 3 nitrogen and oxygen atoms in total. The van der Waals surface area contributed by atoms with Gasteiger partial charge in [0.2, 0.25) is 0 Å². The lowest BCUT2D eigenvalue weighted by atomic mass is 10.2. The molecule has 0 aromatic carbocycles. The zero-order valence-electron chi connectivity index (χ0n) is 10.6. The van der Waals surface area contributed by atoms with Gasteiger partial charge in [0.05, 0.1) is 0 Å². The first kappa shape index (κ1) is 12.8. The molecule has 0 bridgehead atoms. The predicted molar refractivity (Wildman–Crippen MR) is 72.1 cm³/mol. The summed E-state index contributed by atoms with van der Waals surface area (Å²) < 4.78 is 0. The number of ketones is 1. The van der Waals surface area contributed by atoms with Crippen LogP contribution >= 0.6 is 11.8 Å². The Bertz CT molecular complexity index is 576. The molecular weight excluding hydrogens is 244 g/mol. The number of Topliss-reactive ketones (excluding diaryl/α,β-unsaturated/α-hetero) is 1. The van der Waals surface area contributed by atoms with E-state index in [2.05, 4.69) is 9.97 Å². The molecule has 0 amide bonds. The Hall–Kier alpha value is -1.68. The normalized spacial score (nSPS) is 10.4. The van der Waals surface area contributed by atoms with Gasteiger partial charge in [0, 0.05) is 17.5 Å². The lowest BCUT2D eigenvalue weighted by Crippen LogP contribution is -1.97. The number of hydrogen-bond donors (Lipinski definition) is 0. The summed E-state index contributed by atoms with van der Waals surface area (Å²) in [6.07, 6.45) is 1.69. The largest absolute Gasteiger partial charge is 0.294 e. The highest BCUT2D eigenvalue weighted by Gasteiger charge is 2.10. The molecule has 0 N–H and O–H groups in total. The molecule has 0 fully saturated rings. The first-order chi connectivity index (χ1) is 8.56. The molecule has 2 rings (SSSR count). The summed E-state index contributed by atoms with van der Waals surface area (Å²) in [7, 11) is 0. The Balaban J connectivity index is 2.37. The minimum atomic E-state index is 0.0231. The van der Waals surface area contributed by atoms with Crippen LogP contribution in [-0.2, 0) is 0 Å². The van der Waals surface area contributed by atoms with Gasteiger partial charge in [0.15, 0.2) is 5.78 Å². The molecule has 2 heterocycles. The van der Waals surface area contributed by atoms with Crippen molar-refractivity contribution >= 4 is 17.5 Å². The highest BCUT2D eigenvalue weighted by molar-refractivity contribution is 7.99. The summed E-state index contributed by atoms with van der Waals surface area (Å²) in [5, 5.41) is 1.58. The SMILES string of the molecule is CC(=O)c1cccnc1Sc1cc(C)cc(C)n1. The van der Waals surface area contributed by atoms with E-state index < -0.39 is 0 Å². The Kier molecular flexibility index (Phi) is 3.77. The third-order valence-electron chi connectivity index (χ3n) is 2.43. The van der Waals surface area contributed by atoms with E-state index in [9.17, 15) is 4.79 Å². The first-order valence-electron chi connectivity index (χ1n) is 5.65. The molecule has 92 valence electrons. The summed E-state index contributed by atoms with van der Waals surface area (Å²) >= 11 is 1.43. The van der Waals surface area contributed by atoms with Gasteiger partial charge in [0.25, 0.3) is 0 Å². The molecular formula is C14H14N2OS. The van der Waals surface area contributed by atoms with Crippen LogP contribution in [0, 0.1) is 13.8 Å². The van der Waals surface area contributed by atoms with Crippen molar-refractivity contribution in [3.05, 3.63) is 47.3 Å². The van der Waals surface area contributed by atoms with Gasteiger partial charge in [-0.05, 0) is 62.4 Å². The maximum absolute atomic E-state index is 11.5. The fourth-order valence-electron chi connectivity index (χ4n) is 1.70. The van der Waals surface area contributed by atoms with Crippen LogP contribution in [-0.4, -0.2) is 15.8 Å². The maximum Gasteiger partial charge on any atom is 0.162 e. The van der Waals surface area contributed by atoms with E-state index in [1.165, 1.54) is 11.8 Å². The van der Waals surface area contributed by atoms with Gasteiger partial charge < -0.3 is 0 Å². The van der Waals surface area contributed by atoms with Crippen LogP contribution in [0.2, 0.25) is 0 Å². The number of pyridine rings is 2. The smallest absolute Gasteiger partial charge is 0.162 e. The Morgan fingerprint density at radius 3 is 2.72 bits per heavy atom. The molecule has 0 aliphatic rings. The van der Waals surface area contributed by atoms with Crippen molar-refractivity contribution in [2.75, 3.05) is 0 Å². The minimum absolute atomic E-state index is 0.0231. The molecule has 18 heavy (non-hydrogen) atoms. The zero-order chi connectivity index (χ0) is 13.1. The van der Waals surface area contributed by atoms with E-state index in [0.29, 0.717) is 10.6 Å². The molecule has 0 saturated heterocycles. The summed E-state index contributed by atoms with van der Waals surface area (Å²) in [6.45, 7) is 5.54. The number of aryl methyl sites for hydroxylation is 2. The molecule has 2 aromatic rings. The van der Waals surface area contributed by atoms with E-state index >= 15 is 0 Å². The number of nitrogens with zero attached hydrogens (tertiary/aromatic N) is 2. The monoisotopic (exact) mass is 258 g/mol. The second-order valence-corrected chi connectivity index (χ2v) is 5.15. The molecule has 4 heteroatoms. The van der Waals surface area contributed by atoms with Gasteiger partial charge in [-0.15, -0.1) is 0 Å².